The Bertz CT molecular complexity index is 441. The van der Waals surface area contributed by atoms with E-state index in [1.165, 1.54) is 5.56 Å². The van der Waals surface area contributed by atoms with Crippen molar-refractivity contribution in [1.29, 1.82) is 0 Å². The van der Waals surface area contributed by atoms with Gasteiger partial charge in [-0.2, -0.15) is 0 Å². The molecule has 1 fully saturated rings. The molecule has 1 aromatic carbocycles. The van der Waals surface area contributed by atoms with Crippen molar-refractivity contribution in [3.63, 3.8) is 0 Å². The van der Waals surface area contributed by atoms with Crippen molar-refractivity contribution < 1.29 is 4.79 Å². The van der Waals surface area contributed by atoms with Gasteiger partial charge in [0.1, 0.15) is 5.54 Å². The lowest BCUT2D eigenvalue weighted by Gasteiger charge is -2.20. The Hall–Kier alpha value is -1.84. The summed E-state index contributed by atoms with van der Waals surface area (Å²) in [6.45, 7) is 1.91. The first-order valence-electron chi connectivity index (χ1n) is 5.74. The van der Waals surface area contributed by atoms with Crippen molar-refractivity contribution >= 4 is 11.9 Å². The molecule has 0 saturated carbocycles. The Kier molecular flexibility index (Phi) is 3.13. The third-order valence-electron chi connectivity index (χ3n) is 3.11. The number of benzene rings is 1. The fourth-order valence-electron chi connectivity index (χ4n) is 1.92. The number of hydrogen-bond acceptors (Lipinski definition) is 2. The summed E-state index contributed by atoms with van der Waals surface area (Å²) in [5, 5.41) is 5.86. The molecular weight excluding hydrogens is 214 g/mol. The second-order valence-corrected chi connectivity index (χ2v) is 4.47. The molecule has 1 saturated heterocycles. The van der Waals surface area contributed by atoms with Crippen LogP contribution in [0.3, 0.4) is 0 Å². The molecule has 1 aromatic rings. The summed E-state index contributed by atoms with van der Waals surface area (Å²) in [4.78, 5) is 15.8. The highest BCUT2D eigenvalue weighted by Gasteiger charge is 2.39. The number of nitrogens with one attached hydrogen (secondary N) is 2. The van der Waals surface area contributed by atoms with Crippen LogP contribution in [0.25, 0.3) is 0 Å². The highest BCUT2D eigenvalue weighted by Crippen LogP contribution is 2.17. The molecular formula is C13H17N3O. The number of aryl methyl sites for hydroxylation is 1. The lowest BCUT2D eigenvalue weighted by atomic mass is 9.93. The number of hydrogen-bond donors (Lipinski definition) is 2. The maximum absolute atomic E-state index is 11.8. The Morgan fingerprint density at radius 3 is 2.59 bits per heavy atom. The van der Waals surface area contributed by atoms with E-state index in [1.54, 1.807) is 7.05 Å². The number of carbonyl (C=O) groups is 1. The van der Waals surface area contributed by atoms with Gasteiger partial charge in [-0.25, -0.2) is 0 Å². The molecule has 0 aromatic heterocycles. The number of guanidine groups is 1. The van der Waals surface area contributed by atoms with E-state index < -0.39 is 5.54 Å². The van der Waals surface area contributed by atoms with Crippen LogP contribution >= 0.6 is 0 Å². The summed E-state index contributed by atoms with van der Waals surface area (Å²) in [7, 11) is 1.66. The highest BCUT2D eigenvalue weighted by molar-refractivity contribution is 6.08. The molecule has 1 heterocycles. The lowest BCUT2D eigenvalue weighted by molar-refractivity contribution is -0.123. The first-order chi connectivity index (χ1) is 8.14. The average Bonchev–Trinajstić information content (AvgIpc) is 2.65. The van der Waals surface area contributed by atoms with Gasteiger partial charge < -0.3 is 5.32 Å². The van der Waals surface area contributed by atoms with Crippen LogP contribution in [0.15, 0.2) is 35.3 Å². The van der Waals surface area contributed by atoms with Gasteiger partial charge in [-0.1, -0.05) is 30.3 Å². The van der Waals surface area contributed by atoms with Crippen LogP contribution in [-0.4, -0.2) is 24.5 Å². The van der Waals surface area contributed by atoms with Gasteiger partial charge in [-0.15, -0.1) is 0 Å². The van der Waals surface area contributed by atoms with Gasteiger partial charge >= 0.3 is 0 Å². The molecule has 0 aliphatic carbocycles. The first-order valence-corrected chi connectivity index (χ1v) is 5.74. The van der Waals surface area contributed by atoms with E-state index >= 15 is 0 Å². The summed E-state index contributed by atoms with van der Waals surface area (Å²) in [5.74, 6) is 0.555. The Balaban J connectivity index is 2.02. The van der Waals surface area contributed by atoms with Gasteiger partial charge in [0.25, 0.3) is 5.91 Å². The normalized spacial score (nSPS) is 25.8. The van der Waals surface area contributed by atoms with E-state index in [1.807, 2.05) is 25.1 Å². The van der Waals surface area contributed by atoms with Gasteiger partial charge in [0.05, 0.1) is 0 Å². The third kappa shape index (κ3) is 2.46. The number of carbonyl (C=O) groups excluding carboxylic acids is 1. The molecule has 90 valence electrons. The average molecular weight is 231 g/mol. The van der Waals surface area contributed by atoms with Crippen LogP contribution in [-0.2, 0) is 11.2 Å². The van der Waals surface area contributed by atoms with E-state index in [2.05, 4.69) is 27.8 Å². The van der Waals surface area contributed by atoms with Crippen LogP contribution in [0.4, 0.5) is 0 Å². The zero-order valence-corrected chi connectivity index (χ0v) is 10.2. The molecule has 1 aliphatic rings. The van der Waals surface area contributed by atoms with Crippen LogP contribution in [0.5, 0.6) is 0 Å². The molecule has 4 heteroatoms. The second-order valence-electron chi connectivity index (χ2n) is 4.47. The molecule has 1 unspecified atom stereocenters. The molecule has 2 rings (SSSR count). The summed E-state index contributed by atoms with van der Waals surface area (Å²) in [6.07, 6.45) is 1.62. The SMILES string of the molecule is CN=C1NC(=O)C(C)(CCc2ccccc2)N1. The minimum absolute atomic E-state index is 0.00553. The number of rotatable bonds is 3. The summed E-state index contributed by atoms with van der Waals surface area (Å²) >= 11 is 0. The fraction of sp³-hybridized carbons (Fsp3) is 0.385. The zero-order valence-electron chi connectivity index (χ0n) is 10.2. The van der Waals surface area contributed by atoms with Gasteiger partial charge in [-0.05, 0) is 25.3 Å². The standard InChI is InChI=1S/C13H17N3O/c1-13(11(17)15-12(14-2)16-13)9-8-10-6-4-3-5-7-10/h3-7H,8-9H2,1-2H3,(H2,14,15,16,17). The van der Waals surface area contributed by atoms with Crippen molar-refractivity contribution in [2.75, 3.05) is 7.05 Å². The van der Waals surface area contributed by atoms with E-state index in [0.717, 1.165) is 12.8 Å². The smallest absolute Gasteiger partial charge is 0.252 e. The molecule has 17 heavy (non-hydrogen) atoms. The van der Waals surface area contributed by atoms with Gasteiger partial charge in [0, 0.05) is 7.05 Å². The van der Waals surface area contributed by atoms with E-state index in [4.69, 9.17) is 0 Å². The van der Waals surface area contributed by atoms with Crippen molar-refractivity contribution in [1.82, 2.24) is 10.6 Å². The van der Waals surface area contributed by atoms with Crippen molar-refractivity contribution in [3.05, 3.63) is 35.9 Å². The number of nitrogens with zero attached hydrogens (tertiary/aromatic N) is 1. The summed E-state index contributed by atoms with van der Waals surface area (Å²) < 4.78 is 0. The van der Waals surface area contributed by atoms with Gasteiger partial charge in [-0.3, -0.25) is 15.1 Å². The van der Waals surface area contributed by atoms with Crippen LogP contribution in [0.1, 0.15) is 18.9 Å². The maximum atomic E-state index is 11.8. The number of aliphatic imine (C=N–C) groups is 1. The molecule has 4 nitrogen and oxygen atoms in total. The Morgan fingerprint density at radius 2 is 2.00 bits per heavy atom. The van der Waals surface area contributed by atoms with Crippen molar-refractivity contribution in [2.24, 2.45) is 4.99 Å². The predicted molar refractivity (Wildman–Crippen MR) is 67.8 cm³/mol. The summed E-state index contributed by atoms with van der Waals surface area (Å²) in [5.41, 5.74) is 0.690. The van der Waals surface area contributed by atoms with Crippen LogP contribution in [0.2, 0.25) is 0 Å². The first kappa shape index (κ1) is 11.6. The minimum Gasteiger partial charge on any atom is -0.342 e. The Morgan fingerprint density at radius 1 is 1.29 bits per heavy atom. The lowest BCUT2D eigenvalue weighted by Crippen LogP contribution is -2.44. The molecule has 2 N–H and O–H groups in total. The van der Waals surface area contributed by atoms with Gasteiger partial charge in [0.2, 0.25) is 0 Å². The molecule has 0 bridgehead atoms. The Labute approximate surface area is 101 Å². The topological polar surface area (TPSA) is 53.5 Å². The molecule has 1 atom stereocenters. The second kappa shape index (κ2) is 4.57. The quantitative estimate of drug-likeness (QED) is 0.818. The van der Waals surface area contributed by atoms with Gasteiger partial charge in [0.15, 0.2) is 5.96 Å². The van der Waals surface area contributed by atoms with E-state index in [0.29, 0.717) is 5.96 Å². The third-order valence-corrected chi connectivity index (χ3v) is 3.11. The minimum atomic E-state index is -0.551. The van der Waals surface area contributed by atoms with Crippen molar-refractivity contribution in [2.45, 2.75) is 25.3 Å². The molecule has 0 spiro atoms. The molecule has 1 amide bonds. The molecule has 1 aliphatic heterocycles. The monoisotopic (exact) mass is 231 g/mol. The fourth-order valence-corrected chi connectivity index (χ4v) is 1.92. The highest BCUT2D eigenvalue weighted by atomic mass is 16.2. The van der Waals surface area contributed by atoms with Crippen LogP contribution < -0.4 is 10.6 Å². The maximum Gasteiger partial charge on any atom is 0.252 e. The number of amides is 1. The largest absolute Gasteiger partial charge is 0.342 e. The molecule has 0 radical (unpaired) electrons. The predicted octanol–water partition coefficient (Wildman–Crippen LogP) is 1.08. The van der Waals surface area contributed by atoms with Crippen molar-refractivity contribution in [3.8, 4) is 0 Å². The summed E-state index contributed by atoms with van der Waals surface area (Å²) in [6, 6.07) is 10.2. The van der Waals surface area contributed by atoms with Crippen LogP contribution in [0, 0.1) is 0 Å². The zero-order chi connectivity index (χ0) is 12.3. The van der Waals surface area contributed by atoms with E-state index in [-0.39, 0.29) is 5.91 Å². The van der Waals surface area contributed by atoms with E-state index in [9.17, 15) is 4.79 Å².